The fourth-order valence-electron chi connectivity index (χ4n) is 3.03. The number of rotatable bonds is 5. The highest BCUT2D eigenvalue weighted by molar-refractivity contribution is 5.79. The van der Waals surface area contributed by atoms with Gasteiger partial charge in [-0.3, -0.25) is 4.99 Å². The van der Waals surface area contributed by atoms with E-state index in [-0.39, 0.29) is 17.3 Å². The normalized spacial score (nSPS) is 23.4. The zero-order valence-corrected chi connectivity index (χ0v) is 13.1. The van der Waals surface area contributed by atoms with E-state index < -0.39 is 0 Å². The van der Waals surface area contributed by atoms with Crippen LogP contribution in [0.15, 0.2) is 29.3 Å². The Kier molecular flexibility index (Phi) is 4.62. The molecule has 120 valence electrons. The second-order valence-corrected chi connectivity index (χ2v) is 6.23. The van der Waals surface area contributed by atoms with Gasteiger partial charge in [0.1, 0.15) is 5.82 Å². The van der Waals surface area contributed by atoms with Crippen LogP contribution in [0.3, 0.4) is 0 Å². The average molecular weight is 305 g/mol. The molecule has 1 saturated heterocycles. The first-order valence-corrected chi connectivity index (χ1v) is 8.04. The molecule has 2 fully saturated rings. The summed E-state index contributed by atoms with van der Waals surface area (Å²) in [5, 5.41) is 6.69. The molecule has 1 unspecified atom stereocenters. The van der Waals surface area contributed by atoms with E-state index in [1.807, 2.05) is 6.07 Å². The zero-order valence-electron chi connectivity index (χ0n) is 13.1. The Morgan fingerprint density at radius 1 is 1.41 bits per heavy atom. The molecule has 0 amide bonds. The molecule has 1 aromatic carbocycles. The molecular formula is C17H24FN3O. The first-order valence-electron chi connectivity index (χ1n) is 8.04. The number of benzene rings is 1. The maximum atomic E-state index is 13.4. The van der Waals surface area contributed by atoms with Crippen LogP contribution in [0.1, 0.15) is 31.2 Å². The molecule has 4 nitrogen and oxygen atoms in total. The van der Waals surface area contributed by atoms with Gasteiger partial charge in [0.25, 0.3) is 0 Å². The fourth-order valence-corrected chi connectivity index (χ4v) is 3.03. The summed E-state index contributed by atoms with van der Waals surface area (Å²) < 4.78 is 19.0. The summed E-state index contributed by atoms with van der Waals surface area (Å²) in [6.07, 6.45) is 4.72. The van der Waals surface area contributed by atoms with E-state index in [9.17, 15) is 4.39 Å². The van der Waals surface area contributed by atoms with Gasteiger partial charge in [-0.25, -0.2) is 4.39 Å². The first kappa shape index (κ1) is 15.3. The van der Waals surface area contributed by atoms with Crippen molar-refractivity contribution in [1.82, 2.24) is 10.6 Å². The van der Waals surface area contributed by atoms with Crippen molar-refractivity contribution in [2.75, 3.05) is 26.7 Å². The minimum absolute atomic E-state index is 0.0591. The molecule has 1 aliphatic carbocycles. The molecule has 3 rings (SSSR count). The number of ether oxygens (including phenoxy) is 1. The highest BCUT2D eigenvalue weighted by Gasteiger charge is 2.44. The number of halogens is 1. The summed E-state index contributed by atoms with van der Waals surface area (Å²) in [4.78, 5) is 4.26. The molecule has 2 aliphatic rings. The Morgan fingerprint density at radius 2 is 2.27 bits per heavy atom. The Bertz CT molecular complexity index is 536. The van der Waals surface area contributed by atoms with Crippen molar-refractivity contribution in [3.05, 3.63) is 35.6 Å². The molecule has 2 N–H and O–H groups in total. The minimum Gasteiger partial charge on any atom is -0.376 e. The topological polar surface area (TPSA) is 45.7 Å². The maximum absolute atomic E-state index is 13.4. The van der Waals surface area contributed by atoms with E-state index in [0.29, 0.717) is 0 Å². The number of nitrogens with zero attached hydrogens (tertiary/aromatic N) is 1. The predicted octanol–water partition coefficient (Wildman–Crippen LogP) is 2.20. The fraction of sp³-hybridized carbons (Fsp3) is 0.588. The van der Waals surface area contributed by atoms with Crippen LogP contribution in [0.25, 0.3) is 0 Å². The summed E-state index contributed by atoms with van der Waals surface area (Å²) in [6.45, 7) is 2.43. The Balaban J connectivity index is 1.52. The lowest BCUT2D eigenvalue weighted by Gasteiger charge is -2.20. The molecule has 0 spiro atoms. The lowest BCUT2D eigenvalue weighted by atomic mass is 9.96. The van der Waals surface area contributed by atoms with Gasteiger partial charge in [-0.05, 0) is 43.4 Å². The van der Waals surface area contributed by atoms with Crippen LogP contribution in [0.2, 0.25) is 0 Å². The zero-order chi connectivity index (χ0) is 15.4. The smallest absolute Gasteiger partial charge is 0.191 e. The Morgan fingerprint density at radius 3 is 2.91 bits per heavy atom. The third-order valence-electron chi connectivity index (χ3n) is 4.63. The number of hydrogen-bond acceptors (Lipinski definition) is 2. The second kappa shape index (κ2) is 6.65. The lowest BCUT2D eigenvalue weighted by molar-refractivity contribution is 0.114. The van der Waals surface area contributed by atoms with E-state index in [1.54, 1.807) is 19.2 Å². The maximum Gasteiger partial charge on any atom is 0.191 e. The molecule has 0 aromatic heterocycles. The number of nitrogens with one attached hydrogen (secondary N) is 2. The summed E-state index contributed by atoms with van der Waals surface area (Å²) >= 11 is 0. The molecule has 1 saturated carbocycles. The van der Waals surface area contributed by atoms with Crippen LogP contribution in [-0.2, 0) is 10.2 Å². The first-order chi connectivity index (χ1) is 10.7. The van der Waals surface area contributed by atoms with Crippen LogP contribution in [-0.4, -0.2) is 38.8 Å². The molecule has 0 bridgehead atoms. The molecule has 1 aromatic rings. The van der Waals surface area contributed by atoms with Crippen LogP contribution >= 0.6 is 0 Å². The van der Waals surface area contributed by atoms with Gasteiger partial charge >= 0.3 is 0 Å². The van der Waals surface area contributed by atoms with Gasteiger partial charge in [-0.15, -0.1) is 0 Å². The summed E-state index contributed by atoms with van der Waals surface area (Å²) in [5.41, 5.74) is 1.14. The van der Waals surface area contributed by atoms with Crippen LogP contribution < -0.4 is 10.6 Å². The molecule has 1 heterocycles. The molecule has 22 heavy (non-hydrogen) atoms. The molecule has 5 heteroatoms. The minimum atomic E-state index is -0.162. The van der Waals surface area contributed by atoms with Crippen molar-refractivity contribution >= 4 is 5.96 Å². The number of aliphatic imine (C=N–C) groups is 1. The van der Waals surface area contributed by atoms with Gasteiger partial charge in [-0.2, -0.15) is 0 Å². The summed E-state index contributed by atoms with van der Waals surface area (Å²) in [6, 6.07) is 6.95. The quantitative estimate of drug-likeness (QED) is 0.647. The monoisotopic (exact) mass is 305 g/mol. The van der Waals surface area contributed by atoms with E-state index in [1.165, 1.54) is 6.07 Å². The van der Waals surface area contributed by atoms with Crippen molar-refractivity contribution < 1.29 is 9.13 Å². The van der Waals surface area contributed by atoms with Gasteiger partial charge in [0, 0.05) is 32.2 Å². The predicted molar refractivity (Wildman–Crippen MR) is 85.7 cm³/mol. The highest BCUT2D eigenvalue weighted by Crippen LogP contribution is 2.47. The Labute approximate surface area is 131 Å². The molecule has 1 atom stereocenters. The number of hydrogen-bond donors (Lipinski definition) is 2. The van der Waals surface area contributed by atoms with E-state index in [2.05, 4.69) is 15.6 Å². The number of guanidine groups is 1. The SMILES string of the molecule is CN=C(NCC1CCCO1)NCC1(c2cccc(F)c2)CC1. The summed E-state index contributed by atoms with van der Waals surface area (Å²) in [7, 11) is 1.77. The van der Waals surface area contributed by atoms with E-state index in [4.69, 9.17) is 4.74 Å². The van der Waals surface area contributed by atoms with Crippen LogP contribution in [0.5, 0.6) is 0 Å². The highest BCUT2D eigenvalue weighted by atomic mass is 19.1. The van der Waals surface area contributed by atoms with Crippen molar-refractivity contribution in [3.8, 4) is 0 Å². The molecule has 1 aliphatic heterocycles. The van der Waals surface area contributed by atoms with Crippen LogP contribution in [0.4, 0.5) is 4.39 Å². The molecule has 0 radical (unpaired) electrons. The van der Waals surface area contributed by atoms with Crippen molar-refractivity contribution in [2.24, 2.45) is 4.99 Å². The van der Waals surface area contributed by atoms with Gasteiger partial charge in [0.15, 0.2) is 5.96 Å². The third-order valence-corrected chi connectivity index (χ3v) is 4.63. The summed E-state index contributed by atoms with van der Waals surface area (Å²) in [5.74, 6) is 0.628. The van der Waals surface area contributed by atoms with Crippen molar-refractivity contribution in [3.63, 3.8) is 0 Å². The van der Waals surface area contributed by atoms with Crippen molar-refractivity contribution in [1.29, 1.82) is 0 Å². The Hall–Kier alpha value is -1.62. The van der Waals surface area contributed by atoms with Gasteiger partial charge < -0.3 is 15.4 Å². The third kappa shape index (κ3) is 3.58. The van der Waals surface area contributed by atoms with Gasteiger partial charge in [-0.1, -0.05) is 12.1 Å². The molecular weight excluding hydrogens is 281 g/mol. The van der Waals surface area contributed by atoms with Gasteiger partial charge in [0.2, 0.25) is 0 Å². The standard InChI is InChI=1S/C17H24FN3O/c1-19-16(20-11-15-6-3-9-22-15)21-12-17(7-8-17)13-4-2-5-14(18)10-13/h2,4-5,10,15H,3,6-9,11-12H2,1H3,(H2,19,20,21). The van der Waals surface area contributed by atoms with Gasteiger partial charge in [0.05, 0.1) is 6.10 Å². The van der Waals surface area contributed by atoms with Crippen molar-refractivity contribution in [2.45, 2.75) is 37.2 Å². The largest absolute Gasteiger partial charge is 0.376 e. The second-order valence-electron chi connectivity index (χ2n) is 6.23. The average Bonchev–Trinajstić information content (AvgIpc) is 3.14. The lowest BCUT2D eigenvalue weighted by Crippen LogP contribution is -2.43. The van der Waals surface area contributed by atoms with E-state index >= 15 is 0 Å². The van der Waals surface area contributed by atoms with E-state index in [0.717, 1.165) is 56.9 Å². The van der Waals surface area contributed by atoms with Crippen LogP contribution in [0, 0.1) is 5.82 Å².